The molecular formula is C6H4ClN5. The van der Waals surface area contributed by atoms with Crippen LogP contribution in [-0.2, 0) is 0 Å². The topological polar surface area (TPSA) is 69.7 Å². The van der Waals surface area contributed by atoms with E-state index in [0.29, 0.717) is 5.65 Å². The van der Waals surface area contributed by atoms with Crippen molar-refractivity contribution < 1.29 is 12.4 Å². The number of fused-ring (bicyclic) bond motifs is 1. The van der Waals surface area contributed by atoms with E-state index in [4.69, 9.17) is 5.39 Å². The molecule has 0 fully saturated rings. The Kier molecular flexibility index (Phi) is 2.21. The first kappa shape index (κ1) is 8.43. The minimum atomic E-state index is 0. The summed E-state index contributed by atoms with van der Waals surface area (Å²) in [5, 5.41) is 15.5. The molecule has 0 saturated carbocycles. The maximum absolute atomic E-state index is 8.44. The molecule has 0 radical (unpaired) electrons. The van der Waals surface area contributed by atoms with Gasteiger partial charge in [-0.15, -0.1) is 0 Å². The number of nitrogens with one attached hydrogen (secondary N) is 1. The van der Waals surface area contributed by atoms with E-state index in [0.717, 1.165) is 5.39 Å². The minimum Gasteiger partial charge on any atom is -1.00 e. The van der Waals surface area contributed by atoms with Crippen LogP contribution in [0.25, 0.3) is 16.0 Å². The van der Waals surface area contributed by atoms with Gasteiger partial charge in [-0.3, -0.25) is 0 Å². The Morgan fingerprint density at radius 2 is 2.33 bits per heavy atom. The predicted molar refractivity (Wildman–Crippen MR) is 38.6 cm³/mol. The van der Waals surface area contributed by atoms with E-state index < -0.39 is 0 Å². The van der Waals surface area contributed by atoms with Crippen molar-refractivity contribution in [3.63, 3.8) is 0 Å². The first-order valence-electron chi connectivity index (χ1n) is 3.06. The molecule has 0 spiro atoms. The second kappa shape index (κ2) is 3.15. The van der Waals surface area contributed by atoms with Crippen LogP contribution >= 0.6 is 0 Å². The average molecular weight is 182 g/mol. The Morgan fingerprint density at radius 1 is 1.50 bits per heavy atom. The van der Waals surface area contributed by atoms with Crippen molar-refractivity contribution in [2.75, 3.05) is 0 Å². The van der Waals surface area contributed by atoms with Crippen LogP contribution in [0.5, 0.6) is 0 Å². The van der Waals surface area contributed by atoms with Crippen molar-refractivity contribution in [1.29, 1.82) is 5.39 Å². The van der Waals surface area contributed by atoms with E-state index in [1.165, 1.54) is 0 Å². The van der Waals surface area contributed by atoms with E-state index in [1.807, 2.05) is 0 Å². The monoisotopic (exact) mass is 181 g/mol. The Balaban J connectivity index is 0.000000720. The number of diazo groups is 1. The zero-order valence-corrected chi connectivity index (χ0v) is 6.65. The summed E-state index contributed by atoms with van der Waals surface area (Å²) < 4.78 is 0. The molecule has 1 N–H and O–H groups in total. The lowest BCUT2D eigenvalue weighted by Crippen LogP contribution is -3.00. The van der Waals surface area contributed by atoms with Crippen LogP contribution in [0.4, 0.5) is 5.82 Å². The molecule has 0 amide bonds. The van der Waals surface area contributed by atoms with Crippen LogP contribution in [0.2, 0.25) is 0 Å². The van der Waals surface area contributed by atoms with Gasteiger partial charge in [0.05, 0.1) is 10.5 Å². The summed E-state index contributed by atoms with van der Waals surface area (Å²) in [5.41, 5.74) is 0.625. The third-order valence-corrected chi connectivity index (χ3v) is 1.41. The lowest BCUT2D eigenvalue weighted by Gasteiger charge is -1.78. The highest BCUT2D eigenvalue weighted by Gasteiger charge is 2.15. The van der Waals surface area contributed by atoms with Gasteiger partial charge in [0.1, 0.15) is 5.39 Å². The van der Waals surface area contributed by atoms with Gasteiger partial charge in [0, 0.05) is 11.2 Å². The van der Waals surface area contributed by atoms with Crippen LogP contribution in [0.3, 0.4) is 0 Å². The van der Waals surface area contributed by atoms with Crippen molar-refractivity contribution in [3.8, 4) is 0 Å². The molecule has 0 aliphatic heterocycles. The van der Waals surface area contributed by atoms with Gasteiger partial charge in [-0.2, -0.15) is 5.10 Å². The summed E-state index contributed by atoms with van der Waals surface area (Å²) in [4.78, 5) is 6.94. The van der Waals surface area contributed by atoms with Crippen molar-refractivity contribution in [1.82, 2.24) is 15.2 Å². The van der Waals surface area contributed by atoms with Crippen molar-refractivity contribution >= 4 is 16.9 Å². The van der Waals surface area contributed by atoms with E-state index in [-0.39, 0.29) is 18.2 Å². The molecule has 5 nitrogen and oxygen atoms in total. The maximum Gasteiger partial charge on any atom is 0.497 e. The Morgan fingerprint density at radius 3 is 3.08 bits per heavy atom. The number of rotatable bonds is 0. The van der Waals surface area contributed by atoms with Crippen LogP contribution in [0, 0.1) is 5.39 Å². The molecule has 0 saturated heterocycles. The third-order valence-electron chi connectivity index (χ3n) is 1.41. The second-order valence-electron chi connectivity index (χ2n) is 2.05. The molecule has 2 aromatic rings. The van der Waals surface area contributed by atoms with Gasteiger partial charge in [0.15, 0.2) is 5.65 Å². The molecular weight excluding hydrogens is 178 g/mol. The molecule has 0 aliphatic carbocycles. The highest BCUT2D eigenvalue weighted by molar-refractivity contribution is 5.86. The summed E-state index contributed by atoms with van der Waals surface area (Å²) in [5.74, 6) is 0.271. The van der Waals surface area contributed by atoms with Crippen molar-refractivity contribution in [3.05, 3.63) is 23.3 Å². The number of hydrogen-bond acceptors (Lipinski definition) is 3. The molecule has 2 rings (SSSR count). The van der Waals surface area contributed by atoms with Crippen LogP contribution < -0.4 is 12.4 Å². The molecule has 0 aliphatic rings. The zero-order valence-electron chi connectivity index (χ0n) is 5.90. The SMILES string of the molecule is N#[N+]c1n[nH]c2ncccc12.[Cl-]. The molecule has 6 heteroatoms. The normalized spacial score (nSPS) is 8.92. The fraction of sp³-hybridized carbons (Fsp3) is 0. The van der Waals surface area contributed by atoms with Gasteiger partial charge in [-0.25, -0.2) is 4.98 Å². The quantitative estimate of drug-likeness (QED) is 0.500. The Hall–Kier alpha value is -1.67. The highest BCUT2D eigenvalue weighted by Crippen LogP contribution is 2.19. The van der Waals surface area contributed by atoms with E-state index in [9.17, 15) is 0 Å². The molecule has 0 atom stereocenters. The van der Waals surface area contributed by atoms with Gasteiger partial charge >= 0.3 is 5.82 Å². The van der Waals surface area contributed by atoms with E-state index in [2.05, 4.69) is 20.2 Å². The van der Waals surface area contributed by atoms with Crippen molar-refractivity contribution in [2.24, 2.45) is 0 Å². The minimum absolute atomic E-state index is 0. The fourth-order valence-corrected chi connectivity index (χ4v) is 0.917. The third kappa shape index (κ3) is 1.08. The van der Waals surface area contributed by atoms with E-state index in [1.54, 1.807) is 18.3 Å². The lowest BCUT2D eigenvalue weighted by atomic mass is 10.3. The molecule has 2 aromatic heterocycles. The number of halogens is 1. The lowest BCUT2D eigenvalue weighted by molar-refractivity contribution is -0.00000259. The molecule has 0 bridgehead atoms. The number of pyridine rings is 1. The van der Waals surface area contributed by atoms with Gasteiger partial charge in [0.2, 0.25) is 0 Å². The molecule has 60 valence electrons. The Bertz CT molecular complexity index is 429. The molecule has 2 heterocycles. The number of aromatic amines is 1. The molecule has 12 heavy (non-hydrogen) atoms. The maximum atomic E-state index is 8.44. The highest BCUT2D eigenvalue weighted by atomic mass is 35.5. The first-order valence-corrected chi connectivity index (χ1v) is 3.06. The van der Waals surface area contributed by atoms with Crippen LogP contribution in [-0.4, -0.2) is 15.2 Å². The van der Waals surface area contributed by atoms with Crippen LogP contribution in [0.15, 0.2) is 18.3 Å². The Labute approximate surface area is 73.8 Å². The van der Waals surface area contributed by atoms with Gasteiger partial charge in [-0.05, 0) is 12.1 Å². The number of hydrogen-bond donors (Lipinski definition) is 1. The molecule has 0 aromatic carbocycles. The van der Waals surface area contributed by atoms with Crippen LogP contribution in [0.1, 0.15) is 0 Å². The number of nitrogens with zero attached hydrogens (tertiary/aromatic N) is 4. The summed E-state index contributed by atoms with van der Waals surface area (Å²) in [6.07, 6.45) is 1.64. The standard InChI is InChI=1S/C6H4N5.ClH/c7-9-6-4-2-1-3-8-5(4)10-11-6;/h1-3H,(H,8,10,11);1H/q+1;/p-1. The van der Waals surface area contributed by atoms with Gasteiger partial charge in [0.25, 0.3) is 0 Å². The van der Waals surface area contributed by atoms with E-state index >= 15 is 0 Å². The smallest absolute Gasteiger partial charge is 0.497 e. The first-order chi connectivity index (χ1) is 5.42. The molecule has 0 unspecified atom stereocenters. The van der Waals surface area contributed by atoms with Crippen molar-refractivity contribution in [2.45, 2.75) is 0 Å². The second-order valence-corrected chi connectivity index (χ2v) is 2.05. The summed E-state index contributed by atoms with van der Waals surface area (Å²) in [6, 6.07) is 3.54. The van der Waals surface area contributed by atoms with Gasteiger partial charge < -0.3 is 12.4 Å². The fourth-order valence-electron chi connectivity index (χ4n) is 0.917. The zero-order chi connectivity index (χ0) is 7.68. The largest absolute Gasteiger partial charge is 1.00 e. The van der Waals surface area contributed by atoms with Gasteiger partial charge in [-0.1, -0.05) is 0 Å². The summed E-state index contributed by atoms with van der Waals surface area (Å²) >= 11 is 0. The average Bonchev–Trinajstić information content (AvgIpc) is 2.47. The summed E-state index contributed by atoms with van der Waals surface area (Å²) in [7, 11) is 0. The predicted octanol–water partition coefficient (Wildman–Crippen LogP) is -1.55. The summed E-state index contributed by atoms with van der Waals surface area (Å²) in [6.45, 7) is 0. The number of H-pyrrole nitrogens is 1. The number of aromatic nitrogens is 3.